The normalized spacial score (nSPS) is 3.00. The van der Waals surface area contributed by atoms with Gasteiger partial charge in [-0.05, 0) is 0 Å². The predicted molar refractivity (Wildman–Crippen MR) is 13.1 cm³/mol. The van der Waals surface area contributed by atoms with Crippen molar-refractivity contribution in [3.8, 4) is 0 Å². The predicted octanol–water partition coefficient (Wildman–Crippen LogP) is -0.111. The summed E-state index contributed by atoms with van der Waals surface area (Å²) < 4.78 is 0. The summed E-state index contributed by atoms with van der Waals surface area (Å²) in [5.41, 5.74) is 4.49. The average Bonchev–Trinajstić information content (AvgIpc) is 0.918. The first-order chi connectivity index (χ1) is 1.41. The van der Waals surface area contributed by atoms with Gasteiger partial charge in [-0.2, -0.15) is 0 Å². The number of hydrogen-bond donors (Lipinski definition) is 1. The van der Waals surface area contributed by atoms with Gasteiger partial charge in [0.2, 0.25) is 0 Å². The quantitative estimate of drug-likeness (QED) is 0.261. The first kappa shape index (κ1) is 8.90. The molecule has 2 N–H and O–H groups in total. The molecule has 0 atom stereocenters. The van der Waals surface area contributed by atoms with Crippen LogP contribution in [-0.2, 0) is 19.5 Å². The van der Waals surface area contributed by atoms with Gasteiger partial charge in [-0.15, -0.1) is 0 Å². The van der Waals surface area contributed by atoms with Crippen molar-refractivity contribution in [3.63, 3.8) is 0 Å². The van der Waals surface area contributed by atoms with E-state index in [1.54, 1.807) is 0 Å². The Kier molecular flexibility index (Phi) is 24.3. The van der Waals surface area contributed by atoms with Crippen LogP contribution in [0.4, 0.5) is 0 Å². The van der Waals surface area contributed by atoms with E-state index >= 15 is 0 Å². The molecule has 2 heteroatoms. The molecule has 0 radical (unpaired) electrons. The molecule has 0 aliphatic carbocycles. The van der Waals surface area contributed by atoms with Gasteiger partial charge in [-0.25, -0.2) is 0 Å². The molecule has 0 saturated heterocycles. The molecular formula is C2H4NZn-. The Morgan fingerprint density at radius 3 is 1.75 bits per heavy atom. The van der Waals surface area contributed by atoms with E-state index in [-0.39, 0.29) is 19.5 Å². The molecule has 0 amide bonds. The summed E-state index contributed by atoms with van der Waals surface area (Å²) >= 11 is 0. The third-order valence-corrected chi connectivity index (χ3v) is 0. The van der Waals surface area contributed by atoms with Gasteiger partial charge in [0.05, 0.1) is 0 Å². The monoisotopic (exact) mass is 106 g/mol. The Hall–Kier alpha value is 0.163. The summed E-state index contributed by atoms with van der Waals surface area (Å²) in [5.74, 6) is 0. The smallest absolute Gasteiger partial charge is 0 e. The Bertz CT molecular complexity index is 13.5. The molecule has 0 unspecified atom stereocenters. The fraction of sp³-hybridized carbons (Fsp3) is 0. The summed E-state index contributed by atoms with van der Waals surface area (Å²) in [4.78, 5) is 0. The summed E-state index contributed by atoms with van der Waals surface area (Å²) in [6.07, 6.45) is 2.00. The van der Waals surface area contributed by atoms with E-state index < -0.39 is 0 Å². The van der Waals surface area contributed by atoms with Crippen LogP contribution in [0, 0.1) is 6.20 Å². The van der Waals surface area contributed by atoms with Crippen LogP contribution >= 0.6 is 0 Å². The van der Waals surface area contributed by atoms with Crippen molar-refractivity contribution in [2.45, 2.75) is 0 Å². The van der Waals surface area contributed by atoms with E-state index in [2.05, 4.69) is 12.3 Å². The molecule has 0 aromatic carbocycles. The molecule has 0 fully saturated rings. The van der Waals surface area contributed by atoms with E-state index in [0.717, 1.165) is 0 Å². The Labute approximate surface area is 38.6 Å². The SMILES string of the molecule is C=[C-]N.[Zn]. The van der Waals surface area contributed by atoms with Crippen molar-refractivity contribution >= 4 is 0 Å². The van der Waals surface area contributed by atoms with Gasteiger partial charge >= 0.3 is 0 Å². The molecular weight excluding hydrogens is 103 g/mol. The van der Waals surface area contributed by atoms with Crippen molar-refractivity contribution in [1.29, 1.82) is 0 Å². The second-order valence-corrected chi connectivity index (χ2v) is 0.204. The molecule has 0 aromatic heterocycles. The van der Waals surface area contributed by atoms with Crippen LogP contribution in [-0.4, -0.2) is 0 Å². The standard InChI is InChI=1S/C2H4N.Zn/c1-2-3;/h1,3H2;/q-1;. The molecule has 0 spiro atoms. The molecule has 0 saturated carbocycles. The van der Waals surface area contributed by atoms with Crippen LogP contribution in [0.25, 0.3) is 0 Å². The van der Waals surface area contributed by atoms with Crippen LogP contribution in [0.15, 0.2) is 6.58 Å². The molecule has 0 heterocycles. The number of hydrogen-bond acceptors (Lipinski definition) is 1. The maximum atomic E-state index is 4.49. The van der Waals surface area contributed by atoms with Crippen molar-refractivity contribution in [2.75, 3.05) is 0 Å². The summed E-state index contributed by atoms with van der Waals surface area (Å²) in [7, 11) is 0. The zero-order valence-electron chi connectivity index (χ0n) is 2.49. The topological polar surface area (TPSA) is 26.0 Å². The largest absolute Gasteiger partial charge is 0.580 e. The molecule has 0 aliphatic heterocycles. The molecule has 0 bridgehead atoms. The van der Waals surface area contributed by atoms with Crippen LogP contribution in [0.3, 0.4) is 0 Å². The molecule has 4 heavy (non-hydrogen) atoms. The zero-order chi connectivity index (χ0) is 2.71. The van der Waals surface area contributed by atoms with E-state index in [1.165, 1.54) is 0 Å². The van der Waals surface area contributed by atoms with Crippen LogP contribution in [0.1, 0.15) is 0 Å². The zero-order valence-corrected chi connectivity index (χ0v) is 5.46. The molecule has 0 aliphatic rings. The molecule has 1 nitrogen and oxygen atoms in total. The van der Waals surface area contributed by atoms with Crippen molar-refractivity contribution < 1.29 is 19.5 Å². The third kappa shape index (κ3) is 110. The Morgan fingerprint density at radius 1 is 1.75 bits per heavy atom. The van der Waals surface area contributed by atoms with Crippen molar-refractivity contribution in [3.05, 3.63) is 12.8 Å². The van der Waals surface area contributed by atoms with E-state index in [1.807, 2.05) is 6.20 Å². The average molecular weight is 107 g/mol. The van der Waals surface area contributed by atoms with Crippen molar-refractivity contribution in [2.24, 2.45) is 5.73 Å². The second-order valence-electron chi connectivity index (χ2n) is 0.204. The Balaban J connectivity index is 0. The van der Waals surface area contributed by atoms with E-state index in [9.17, 15) is 0 Å². The van der Waals surface area contributed by atoms with E-state index in [4.69, 9.17) is 0 Å². The Morgan fingerprint density at radius 2 is 1.75 bits per heavy atom. The first-order valence-electron chi connectivity index (χ1n) is 0.642. The summed E-state index contributed by atoms with van der Waals surface area (Å²) in [6.45, 7) is 3.01. The molecule has 20 valence electrons. The number of rotatable bonds is 0. The fourth-order valence-electron chi connectivity index (χ4n) is 0. The van der Waals surface area contributed by atoms with Gasteiger partial charge in [0, 0.05) is 19.5 Å². The van der Waals surface area contributed by atoms with Gasteiger partial charge in [-0.1, -0.05) is 0 Å². The van der Waals surface area contributed by atoms with Gasteiger partial charge in [0.1, 0.15) is 0 Å². The summed E-state index contributed by atoms with van der Waals surface area (Å²) in [5, 5.41) is 0. The first-order valence-corrected chi connectivity index (χ1v) is 0.642. The fourth-order valence-corrected chi connectivity index (χ4v) is 0. The molecule has 0 rings (SSSR count). The maximum Gasteiger partial charge on any atom is 0 e. The second kappa shape index (κ2) is 10.9. The maximum absolute atomic E-state index is 4.49. The van der Waals surface area contributed by atoms with Crippen LogP contribution < -0.4 is 5.73 Å². The van der Waals surface area contributed by atoms with Gasteiger partial charge in [0.15, 0.2) is 0 Å². The van der Waals surface area contributed by atoms with Crippen molar-refractivity contribution in [1.82, 2.24) is 0 Å². The van der Waals surface area contributed by atoms with E-state index in [0.29, 0.717) is 0 Å². The van der Waals surface area contributed by atoms with Gasteiger partial charge < -0.3 is 11.9 Å². The number of nitrogens with two attached hydrogens (primary N) is 1. The summed E-state index contributed by atoms with van der Waals surface area (Å²) in [6, 6.07) is 0. The third-order valence-electron chi connectivity index (χ3n) is 0. The van der Waals surface area contributed by atoms with Crippen LogP contribution in [0.5, 0.6) is 0 Å². The molecule has 0 aromatic rings. The van der Waals surface area contributed by atoms with Crippen LogP contribution in [0.2, 0.25) is 0 Å². The van der Waals surface area contributed by atoms with Gasteiger partial charge in [-0.3, -0.25) is 6.58 Å². The minimum atomic E-state index is 0. The van der Waals surface area contributed by atoms with Gasteiger partial charge in [0.25, 0.3) is 0 Å². The minimum absolute atomic E-state index is 0. The minimum Gasteiger partial charge on any atom is -0.580 e.